The van der Waals surface area contributed by atoms with Crippen molar-refractivity contribution in [1.29, 1.82) is 0 Å². The van der Waals surface area contributed by atoms with Gasteiger partial charge < -0.3 is 9.73 Å². The molecule has 1 N–H and O–H groups in total. The van der Waals surface area contributed by atoms with Crippen LogP contribution in [0.5, 0.6) is 0 Å². The largest absolute Gasteiger partial charge is 0.459 e. The van der Waals surface area contributed by atoms with Gasteiger partial charge in [-0.25, -0.2) is 4.98 Å². The van der Waals surface area contributed by atoms with Gasteiger partial charge in [0.05, 0.1) is 6.54 Å². The SMILES string of the molecule is c1ccc(-c2ccc(CNc3nccs3)o2)cc1. The first kappa shape index (κ1) is 11.0. The van der Waals surface area contributed by atoms with Gasteiger partial charge in [0.1, 0.15) is 11.5 Å². The highest BCUT2D eigenvalue weighted by Crippen LogP contribution is 2.22. The summed E-state index contributed by atoms with van der Waals surface area (Å²) < 4.78 is 5.78. The van der Waals surface area contributed by atoms with Gasteiger partial charge >= 0.3 is 0 Å². The zero-order chi connectivity index (χ0) is 12.2. The quantitative estimate of drug-likeness (QED) is 0.766. The number of aromatic nitrogens is 1. The van der Waals surface area contributed by atoms with Crippen LogP contribution in [0.4, 0.5) is 5.13 Å². The molecule has 0 aliphatic carbocycles. The van der Waals surface area contributed by atoms with Gasteiger partial charge in [0.25, 0.3) is 0 Å². The summed E-state index contributed by atoms with van der Waals surface area (Å²) in [6.45, 7) is 0.653. The molecule has 0 bridgehead atoms. The van der Waals surface area contributed by atoms with Gasteiger partial charge in [0, 0.05) is 17.1 Å². The van der Waals surface area contributed by atoms with Gasteiger partial charge in [-0.15, -0.1) is 11.3 Å². The Bertz CT molecular complexity index is 602. The highest BCUT2D eigenvalue weighted by Gasteiger charge is 2.04. The second-order valence-corrected chi connectivity index (χ2v) is 4.72. The molecule has 0 saturated carbocycles. The maximum absolute atomic E-state index is 5.78. The van der Waals surface area contributed by atoms with Crippen LogP contribution in [0.3, 0.4) is 0 Å². The van der Waals surface area contributed by atoms with Gasteiger partial charge in [-0.05, 0) is 12.1 Å². The minimum Gasteiger partial charge on any atom is -0.459 e. The summed E-state index contributed by atoms with van der Waals surface area (Å²) in [5, 5.41) is 6.07. The number of hydrogen-bond acceptors (Lipinski definition) is 4. The van der Waals surface area contributed by atoms with Gasteiger partial charge in [-0.1, -0.05) is 30.3 Å². The second kappa shape index (κ2) is 5.06. The Balaban J connectivity index is 1.70. The Hall–Kier alpha value is -2.07. The van der Waals surface area contributed by atoms with Crippen molar-refractivity contribution in [3.63, 3.8) is 0 Å². The van der Waals surface area contributed by atoms with Crippen molar-refractivity contribution in [2.24, 2.45) is 0 Å². The van der Waals surface area contributed by atoms with Crippen LogP contribution in [-0.4, -0.2) is 4.98 Å². The predicted octanol–water partition coefficient (Wildman–Crippen LogP) is 4.02. The third kappa shape index (κ3) is 2.43. The monoisotopic (exact) mass is 256 g/mol. The molecule has 0 aliphatic heterocycles. The fraction of sp³-hybridized carbons (Fsp3) is 0.0714. The summed E-state index contributed by atoms with van der Waals surface area (Å²) in [7, 11) is 0. The molecule has 0 spiro atoms. The minimum atomic E-state index is 0.653. The topological polar surface area (TPSA) is 38.1 Å². The molecule has 0 unspecified atom stereocenters. The van der Waals surface area contributed by atoms with Gasteiger partial charge in [0.15, 0.2) is 5.13 Å². The molecular weight excluding hydrogens is 244 g/mol. The van der Waals surface area contributed by atoms with Crippen LogP contribution in [0, 0.1) is 0 Å². The van der Waals surface area contributed by atoms with Crippen molar-refractivity contribution >= 4 is 16.5 Å². The maximum atomic E-state index is 5.78. The van der Waals surface area contributed by atoms with E-state index in [0.29, 0.717) is 6.54 Å². The van der Waals surface area contributed by atoms with E-state index in [1.807, 2.05) is 47.8 Å². The van der Waals surface area contributed by atoms with E-state index in [9.17, 15) is 0 Å². The lowest BCUT2D eigenvalue weighted by molar-refractivity contribution is 0.531. The van der Waals surface area contributed by atoms with Crippen molar-refractivity contribution < 1.29 is 4.42 Å². The molecule has 3 aromatic rings. The summed E-state index contributed by atoms with van der Waals surface area (Å²) in [5.41, 5.74) is 1.10. The van der Waals surface area contributed by atoms with E-state index >= 15 is 0 Å². The van der Waals surface area contributed by atoms with Crippen molar-refractivity contribution in [3.05, 3.63) is 59.8 Å². The van der Waals surface area contributed by atoms with Crippen LogP contribution < -0.4 is 5.32 Å². The van der Waals surface area contributed by atoms with E-state index in [4.69, 9.17) is 4.42 Å². The van der Waals surface area contributed by atoms with Gasteiger partial charge in [0.2, 0.25) is 0 Å². The summed E-state index contributed by atoms with van der Waals surface area (Å²) >= 11 is 1.58. The van der Waals surface area contributed by atoms with Crippen LogP contribution in [0.2, 0.25) is 0 Å². The molecule has 4 heteroatoms. The fourth-order valence-electron chi connectivity index (χ4n) is 1.70. The average Bonchev–Trinajstić information content (AvgIpc) is 3.09. The summed E-state index contributed by atoms with van der Waals surface area (Å²) in [4.78, 5) is 4.16. The molecule has 18 heavy (non-hydrogen) atoms. The normalized spacial score (nSPS) is 10.4. The van der Waals surface area contributed by atoms with Crippen LogP contribution >= 0.6 is 11.3 Å². The Morgan fingerprint density at radius 1 is 1.11 bits per heavy atom. The highest BCUT2D eigenvalue weighted by molar-refractivity contribution is 7.13. The number of nitrogens with one attached hydrogen (secondary N) is 1. The number of nitrogens with zero attached hydrogens (tertiary/aromatic N) is 1. The minimum absolute atomic E-state index is 0.653. The lowest BCUT2D eigenvalue weighted by Crippen LogP contribution is -1.96. The van der Waals surface area contributed by atoms with Crippen molar-refractivity contribution in [1.82, 2.24) is 4.98 Å². The van der Waals surface area contributed by atoms with Crippen LogP contribution in [0.15, 0.2) is 58.5 Å². The van der Waals surface area contributed by atoms with Crippen LogP contribution in [0.1, 0.15) is 5.76 Å². The Morgan fingerprint density at radius 2 is 2.00 bits per heavy atom. The molecule has 0 amide bonds. The standard InChI is InChI=1S/C14H12N2OS/c1-2-4-11(5-3-1)13-7-6-12(17-13)10-16-14-15-8-9-18-14/h1-9H,10H2,(H,15,16). The molecule has 2 aromatic heterocycles. The van der Waals surface area contributed by atoms with E-state index in [1.165, 1.54) is 0 Å². The molecular formula is C14H12N2OS. The lowest BCUT2D eigenvalue weighted by atomic mass is 10.2. The zero-order valence-electron chi connectivity index (χ0n) is 9.67. The number of anilines is 1. The molecule has 0 atom stereocenters. The molecule has 0 fully saturated rings. The molecule has 90 valence electrons. The maximum Gasteiger partial charge on any atom is 0.182 e. The van der Waals surface area contributed by atoms with Crippen molar-refractivity contribution in [2.45, 2.75) is 6.54 Å². The molecule has 2 heterocycles. The first-order valence-electron chi connectivity index (χ1n) is 5.69. The van der Waals surface area contributed by atoms with Gasteiger partial charge in [-0.2, -0.15) is 0 Å². The third-order valence-electron chi connectivity index (χ3n) is 2.57. The molecule has 0 saturated heterocycles. The average molecular weight is 256 g/mol. The van der Waals surface area contributed by atoms with Crippen LogP contribution in [0.25, 0.3) is 11.3 Å². The fourth-order valence-corrected chi connectivity index (χ4v) is 2.23. The number of benzene rings is 1. The van der Waals surface area contributed by atoms with E-state index in [2.05, 4.69) is 10.3 Å². The van der Waals surface area contributed by atoms with E-state index < -0.39 is 0 Å². The number of hydrogen-bond donors (Lipinski definition) is 1. The van der Waals surface area contributed by atoms with Crippen molar-refractivity contribution in [3.8, 4) is 11.3 Å². The first-order valence-corrected chi connectivity index (χ1v) is 6.57. The molecule has 0 radical (unpaired) electrons. The number of furan rings is 1. The predicted molar refractivity (Wildman–Crippen MR) is 73.6 cm³/mol. The smallest absolute Gasteiger partial charge is 0.182 e. The van der Waals surface area contributed by atoms with E-state index in [-0.39, 0.29) is 0 Å². The Morgan fingerprint density at radius 3 is 2.78 bits per heavy atom. The molecule has 0 aliphatic rings. The second-order valence-electron chi connectivity index (χ2n) is 3.82. The molecule has 3 rings (SSSR count). The summed E-state index contributed by atoms with van der Waals surface area (Å²) in [6, 6.07) is 14.1. The van der Waals surface area contributed by atoms with Crippen LogP contribution in [-0.2, 0) is 6.54 Å². The van der Waals surface area contributed by atoms with E-state index in [0.717, 1.165) is 22.2 Å². The number of rotatable bonds is 4. The van der Waals surface area contributed by atoms with Crippen molar-refractivity contribution in [2.75, 3.05) is 5.32 Å². The Labute approximate surface area is 109 Å². The highest BCUT2D eigenvalue weighted by atomic mass is 32.1. The third-order valence-corrected chi connectivity index (χ3v) is 3.30. The summed E-state index contributed by atoms with van der Waals surface area (Å²) in [6.07, 6.45) is 1.78. The molecule has 1 aromatic carbocycles. The lowest BCUT2D eigenvalue weighted by Gasteiger charge is -1.99. The zero-order valence-corrected chi connectivity index (χ0v) is 10.5. The molecule has 3 nitrogen and oxygen atoms in total. The van der Waals surface area contributed by atoms with E-state index in [1.54, 1.807) is 17.5 Å². The Kier molecular flexibility index (Phi) is 3.10. The number of thiazole rings is 1. The van der Waals surface area contributed by atoms with Gasteiger partial charge in [-0.3, -0.25) is 0 Å². The first-order chi connectivity index (χ1) is 8.92. The summed E-state index contributed by atoms with van der Waals surface area (Å²) in [5.74, 6) is 1.80.